The lowest BCUT2D eigenvalue weighted by Gasteiger charge is -2.05. The van der Waals surface area contributed by atoms with Gasteiger partial charge in [0.2, 0.25) is 0 Å². The SMILES string of the molecule is COC(=O)CCC(=O)c1ccc(SC(C)C)cc1. The van der Waals surface area contributed by atoms with E-state index < -0.39 is 0 Å². The van der Waals surface area contributed by atoms with Crippen molar-refractivity contribution in [3.05, 3.63) is 29.8 Å². The van der Waals surface area contributed by atoms with E-state index in [-0.39, 0.29) is 24.6 Å². The summed E-state index contributed by atoms with van der Waals surface area (Å²) in [6.07, 6.45) is 0.334. The van der Waals surface area contributed by atoms with Gasteiger partial charge >= 0.3 is 5.97 Å². The van der Waals surface area contributed by atoms with Gasteiger partial charge in [0.05, 0.1) is 13.5 Å². The van der Waals surface area contributed by atoms with Crippen LogP contribution in [0.2, 0.25) is 0 Å². The fraction of sp³-hybridized carbons (Fsp3) is 0.429. The Hall–Kier alpha value is -1.29. The molecule has 0 amide bonds. The molecule has 0 heterocycles. The highest BCUT2D eigenvalue weighted by molar-refractivity contribution is 7.99. The van der Waals surface area contributed by atoms with Crippen molar-refractivity contribution in [3.8, 4) is 0 Å². The van der Waals surface area contributed by atoms with Crippen molar-refractivity contribution in [1.29, 1.82) is 0 Å². The number of hydrogen-bond donors (Lipinski definition) is 0. The zero-order chi connectivity index (χ0) is 13.5. The molecule has 0 fully saturated rings. The Kier molecular flexibility index (Phi) is 5.92. The molecule has 1 aromatic rings. The third-order valence-corrected chi connectivity index (χ3v) is 3.35. The van der Waals surface area contributed by atoms with Crippen molar-refractivity contribution in [1.82, 2.24) is 0 Å². The summed E-state index contributed by atoms with van der Waals surface area (Å²) in [6, 6.07) is 7.50. The maximum Gasteiger partial charge on any atom is 0.305 e. The number of thioether (sulfide) groups is 1. The summed E-state index contributed by atoms with van der Waals surface area (Å²) in [5.41, 5.74) is 0.645. The number of ether oxygens (including phenoxy) is 1. The van der Waals surface area contributed by atoms with Gasteiger partial charge in [-0.1, -0.05) is 26.0 Å². The number of carbonyl (C=O) groups is 2. The molecule has 0 spiro atoms. The van der Waals surface area contributed by atoms with Gasteiger partial charge in [-0.05, 0) is 12.1 Å². The molecule has 0 aliphatic carbocycles. The topological polar surface area (TPSA) is 43.4 Å². The molecule has 0 bridgehead atoms. The summed E-state index contributed by atoms with van der Waals surface area (Å²) in [6.45, 7) is 4.25. The van der Waals surface area contributed by atoms with Gasteiger partial charge in [-0.3, -0.25) is 9.59 Å². The van der Waals surface area contributed by atoms with Crippen LogP contribution in [0.15, 0.2) is 29.2 Å². The number of carbonyl (C=O) groups excluding carboxylic acids is 2. The van der Waals surface area contributed by atoms with Crippen LogP contribution in [-0.4, -0.2) is 24.1 Å². The quantitative estimate of drug-likeness (QED) is 0.450. The first-order valence-electron chi connectivity index (χ1n) is 5.89. The van der Waals surface area contributed by atoms with Crippen LogP contribution in [0.4, 0.5) is 0 Å². The van der Waals surface area contributed by atoms with Crippen molar-refractivity contribution < 1.29 is 14.3 Å². The van der Waals surface area contributed by atoms with E-state index in [1.165, 1.54) is 7.11 Å². The molecule has 18 heavy (non-hydrogen) atoms. The molecular formula is C14H18O3S. The predicted molar refractivity (Wildman–Crippen MR) is 73.0 cm³/mol. The van der Waals surface area contributed by atoms with Gasteiger partial charge in [0, 0.05) is 22.1 Å². The molecule has 0 unspecified atom stereocenters. The van der Waals surface area contributed by atoms with Crippen LogP contribution in [0.25, 0.3) is 0 Å². The summed E-state index contributed by atoms with van der Waals surface area (Å²) >= 11 is 1.76. The smallest absolute Gasteiger partial charge is 0.305 e. The van der Waals surface area contributed by atoms with Crippen LogP contribution in [0.5, 0.6) is 0 Å². The lowest BCUT2D eigenvalue weighted by Crippen LogP contribution is -2.05. The van der Waals surface area contributed by atoms with Crippen molar-refractivity contribution in [3.63, 3.8) is 0 Å². The number of benzene rings is 1. The van der Waals surface area contributed by atoms with E-state index in [9.17, 15) is 9.59 Å². The van der Waals surface area contributed by atoms with Crippen molar-refractivity contribution in [2.45, 2.75) is 36.8 Å². The number of rotatable bonds is 6. The van der Waals surface area contributed by atoms with Crippen LogP contribution < -0.4 is 0 Å². The molecule has 1 aromatic carbocycles. The highest BCUT2D eigenvalue weighted by Gasteiger charge is 2.09. The zero-order valence-electron chi connectivity index (χ0n) is 10.9. The Labute approximate surface area is 112 Å². The number of Topliss-reactive ketones (excluding diaryl/α,β-unsaturated/α-hetero) is 1. The molecule has 0 aliphatic rings. The number of hydrogen-bond acceptors (Lipinski definition) is 4. The lowest BCUT2D eigenvalue weighted by atomic mass is 10.1. The normalized spacial score (nSPS) is 10.4. The first kappa shape index (κ1) is 14.8. The van der Waals surface area contributed by atoms with Crippen LogP contribution in [-0.2, 0) is 9.53 Å². The van der Waals surface area contributed by atoms with E-state index >= 15 is 0 Å². The van der Waals surface area contributed by atoms with Gasteiger partial charge in [-0.2, -0.15) is 0 Å². The third-order valence-electron chi connectivity index (χ3n) is 2.33. The number of methoxy groups -OCH3 is 1. The first-order chi connectivity index (χ1) is 8.52. The van der Waals surface area contributed by atoms with Gasteiger partial charge in [0.25, 0.3) is 0 Å². The molecule has 0 aromatic heterocycles. The minimum atomic E-state index is -0.352. The standard InChI is InChI=1S/C14H18O3S/c1-10(2)18-12-6-4-11(5-7-12)13(15)8-9-14(16)17-3/h4-7,10H,8-9H2,1-3H3. The Morgan fingerprint density at radius 1 is 1.17 bits per heavy atom. The zero-order valence-corrected chi connectivity index (χ0v) is 11.8. The second-order valence-corrected chi connectivity index (χ2v) is 5.84. The average Bonchev–Trinajstić information content (AvgIpc) is 2.35. The van der Waals surface area contributed by atoms with Crippen molar-refractivity contribution >= 4 is 23.5 Å². The average molecular weight is 266 g/mol. The maximum atomic E-state index is 11.8. The Balaban J connectivity index is 2.56. The van der Waals surface area contributed by atoms with Gasteiger partial charge in [-0.25, -0.2) is 0 Å². The molecule has 4 heteroatoms. The van der Waals surface area contributed by atoms with E-state index in [1.54, 1.807) is 11.8 Å². The molecule has 3 nitrogen and oxygen atoms in total. The summed E-state index contributed by atoms with van der Waals surface area (Å²) in [5.74, 6) is -0.378. The van der Waals surface area contributed by atoms with Crippen LogP contribution in [0.3, 0.4) is 0 Å². The Bertz CT molecular complexity index is 410. The molecule has 98 valence electrons. The highest BCUT2D eigenvalue weighted by atomic mass is 32.2. The Morgan fingerprint density at radius 3 is 2.28 bits per heavy atom. The fourth-order valence-electron chi connectivity index (χ4n) is 1.45. The molecule has 0 saturated heterocycles. The highest BCUT2D eigenvalue weighted by Crippen LogP contribution is 2.23. The summed E-state index contributed by atoms with van der Waals surface area (Å²) < 4.78 is 4.50. The molecule has 0 N–H and O–H groups in total. The fourth-order valence-corrected chi connectivity index (χ4v) is 2.29. The summed E-state index contributed by atoms with van der Waals surface area (Å²) in [4.78, 5) is 23.9. The van der Waals surface area contributed by atoms with Crippen LogP contribution in [0, 0.1) is 0 Å². The largest absolute Gasteiger partial charge is 0.469 e. The van der Waals surface area contributed by atoms with Gasteiger partial charge in [0.15, 0.2) is 5.78 Å². The second kappa shape index (κ2) is 7.21. The number of ketones is 1. The van der Waals surface area contributed by atoms with Crippen molar-refractivity contribution in [2.75, 3.05) is 7.11 Å². The molecule has 0 radical (unpaired) electrons. The molecule has 1 rings (SSSR count). The molecule has 0 saturated carbocycles. The van der Waals surface area contributed by atoms with Crippen LogP contribution in [0.1, 0.15) is 37.0 Å². The van der Waals surface area contributed by atoms with Gasteiger partial charge in [-0.15, -0.1) is 11.8 Å². The van der Waals surface area contributed by atoms with Crippen molar-refractivity contribution in [2.24, 2.45) is 0 Å². The molecule has 0 aliphatic heterocycles. The monoisotopic (exact) mass is 266 g/mol. The second-order valence-electron chi connectivity index (χ2n) is 4.19. The van der Waals surface area contributed by atoms with Gasteiger partial charge in [0.1, 0.15) is 0 Å². The lowest BCUT2D eigenvalue weighted by molar-refractivity contribution is -0.140. The minimum absolute atomic E-state index is 0.0264. The summed E-state index contributed by atoms with van der Waals surface area (Å²) in [7, 11) is 1.32. The van der Waals surface area contributed by atoms with E-state index in [2.05, 4.69) is 18.6 Å². The van der Waals surface area contributed by atoms with Gasteiger partial charge < -0.3 is 4.74 Å². The third kappa shape index (κ3) is 4.92. The van der Waals surface area contributed by atoms with E-state index in [1.807, 2.05) is 24.3 Å². The van der Waals surface area contributed by atoms with Crippen LogP contribution >= 0.6 is 11.8 Å². The van der Waals surface area contributed by atoms with E-state index in [0.29, 0.717) is 10.8 Å². The first-order valence-corrected chi connectivity index (χ1v) is 6.77. The summed E-state index contributed by atoms with van der Waals surface area (Å²) in [5, 5.41) is 0.519. The maximum absolute atomic E-state index is 11.8. The van der Waals surface area contributed by atoms with E-state index in [0.717, 1.165) is 4.90 Å². The number of esters is 1. The molecule has 0 atom stereocenters. The predicted octanol–water partition coefficient (Wildman–Crippen LogP) is 3.32. The minimum Gasteiger partial charge on any atom is -0.469 e. The van der Waals surface area contributed by atoms with E-state index in [4.69, 9.17) is 0 Å². The Morgan fingerprint density at radius 2 is 1.78 bits per heavy atom. The molecular weight excluding hydrogens is 248 g/mol.